The number of carbonyl (C=O) groups excluding carboxylic acids is 3. The van der Waals surface area contributed by atoms with Crippen LogP contribution >= 0.6 is 0 Å². The van der Waals surface area contributed by atoms with Gasteiger partial charge in [0.15, 0.2) is 17.2 Å². The van der Waals surface area contributed by atoms with Gasteiger partial charge in [0.1, 0.15) is 17.1 Å². The minimum absolute atomic E-state index is 0.0146. The van der Waals surface area contributed by atoms with Gasteiger partial charge in [-0.25, -0.2) is 0 Å². The van der Waals surface area contributed by atoms with Crippen molar-refractivity contribution < 1.29 is 34.8 Å². The number of phenols is 1. The first-order chi connectivity index (χ1) is 17.1. The summed E-state index contributed by atoms with van der Waals surface area (Å²) in [6.45, 7) is 7.80. The minimum Gasteiger partial charge on any atom is -0.508 e. The van der Waals surface area contributed by atoms with E-state index in [1.807, 2.05) is 20.8 Å². The van der Waals surface area contributed by atoms with Gasteiger partial charge in [-0.2, -0.15) is 0 Å². The molecule has 4 rings (SSSR count). The van der Waals surface area contributed by atoms with E-state index in [1.54, 1.807) is 33.2 Å². The van der Waals surface area contributed by atoms with Crippen molar-refractivity contribution in [3.05, 3.63) is 51.9 Å². The molecule has 1 aromatic carbocycles. The van der Waals surface area contributed by atoms with Gasteiger partial charge in [-0.15, -0.1) is 0 Å². The van der Waals surface area contributed by atoms with E-state index in [9.17, 15) is 34.8 Å². The molecule has 10 heteroatoms. The Hall–Kier alpha value is -3.21. The van der Waals surface area contributed by atoms with Crippen LogP contribution in [0.3, 0.4) is 0 Å². The van der Waals surface area contributed by atoms with Crippen LogP contribution < -0.4 is 11.1 Å². The number of amides is 1. The third kappa shape index (κ3) is 3.77. The monoisotopic (exact) mass is 513 g/mol. The molecular formula is C27H35N3O7. The first-order valence-corrected chi connectivity index (χ1v) is 12.2. The number of primary amides is 1. The van der Waals surface area contributed by atoms with E-state index < -0.39 is 64.3 Å². The highest BCUT2D eigenvalue weighted by Gasteiger charge is 2.66. The number of fused-ring (bicyclic) bond motifs is 3. The summed E-state index contributed by atoms with van der Waals surface area (Å²) in [5, 5.41) is 49.2. The van der Waals surface area contributed by atoms with Gasteiger partial charge in [0.25, 0.3) is 5.91 Å². The van der Waals surface area contributed by atoms with Gasteiger partial charge in [-0.1, -0.05) is 39.8 Å². The van der Waals surface area contributed by atoms with E-state index in [4.69, 9.17) is 5.73 Å². The SMILES string of the molecule is C[C@H]1c2cccc(O)c2C(=O)C2=C(NCC(C)(C)C)[C@]3(O)C(O)=C(C(N)=O)C(=O)[C@@H](N(C)C)C3C(O)C21. The van der Waals surface area contributed by atoms with Crippen LogP contribution in [-0.2, 0) is 9.59 Å². The van der Waals surface area contributed by atoms with Crippen LogP contribution in [0.4, 0.5) is 0 Å². The molecule has 3 unspecified atom stereocenters. The third-order valence-corrected chi connectivity index (χ3v) is 7.83. The molecule has 1 amide bonds. The number of likely N-dealkylation sites (N-methyl/N-ethyl adjacent to an activating group) is 1. The zero-order chi connectivity index (χ0) is 27.8. The van der Waals surface area contributed by atoms with E-state index in [0.29, 0.717) is 5.56 Å². The molecule has 0 aromatic heterocycles. The molecule has 0 fully saturated rings. The summed E-state index contributed by atoms with van der Waals surface area (Å²) in [7, 11) is 3.11. The molecule has 0 bridgehead atoms. The molecular weight excluding hydrogens is 478 g/mol. The standard InChI is InChI=1S/C27H35N3O7/c1-11-12-8-7-9-13(31)15(12)20(32)16-14(11)21(33)18-19(30(5)6)22(34)17(25(28)36)24(35)27(18,37)23(16)29-10-26(2,3)4/h7-9,11,14,18-19,21,29,31,33,35,37H,10H2,1-6H3,(H2,28,36)/t11-,14?,18?,19-,21?,27-/m0/s1. The van der Waals surface area contributed by atoms with E-state index in [2.05, 4.69) is 5.32 Å². The number of nitrogens with one attached hydrogen (secondary N) is 1. The summed E-state index contributed by atoms with van der Waals surface area (Å²) in [6, 6.07) is 3.45. The Morgan fingerprint density at radius 2 is 1.81 bits per heavy atom. The summed E-state index contributed by atoms with van der Waals surface area (Å²) in [5.41, 5.74) is 2.27. The van der Waals surface area contributed by atoms with Gasteiger partial charge in [0.2, 0.25) is 0 Å². The average molecular weight is 514 g/mol. The largest absolute Gasteiger partial charge is 0.508 e. The first kappa shape index (κ1) is 26.8. The topological polar surface area (TPSA) is 173 Å². The number of aliphatic hydroxyl groups excluding tert-OH is 2. The Labute approximate surface area is 215 Å². The summed E-state index contributed by atoms with van der Waals surface area (Å²) >= 11 is 0. The zero-order valence-electron chi connectivity index (χ0n) is 21.9. The van der Waals surface area contributed by atoms with E-state index in [1.165, 1.54) is 11.0 Å². The smallest absolute Gasteiger partial charge is 0.255 e. The normalized spacial score (nSPS) is 31.8. The molecule has 0 radical (unpaired) electrons. The number of hydrogen-bond acceptors (Lipinski definition) is 9. The quantitative estimate of drug-likeness (QED) is 0.317. The molecule has 37 heavy (non-hydrogen) atoms. The summed E-state index contributed by atoms with van der Waals surface area (Å²) in [5.74, 6) is -6.65. The minimum atomic E-state index is -2.51. The molecule has 0 saturated carbocycles. The number of hydrogen-bond donors (Lipinski definition) is 6. The van der Waals surface area contributed by atoms with Crippen molar-refractivity contribution in [2.75, 3.05) is 20.6 Å². The fourth-order valence-corrected chi connectivity index (χ4v) is 6.19. The fraction of sp³-hybridized carbons (Fsp3) is 0.519. The first-order valence-electron chi connectivity index (χ1n) is 12.2. The van der Waals surface area contributed by atoms with E-state index in [0.717, 1.165) is 0 Å². The molecule has 3 aliphatic rings. The van der Waals surface area contributed by atoms with E-state index in [-0.39, 0.29) is 34.5 Å². The Bertz CT molecular complexity index is 1260. The highest BCUT2D eigenvalue weighted by Crippen LogP contribution is 2.56. The number of nitrogens with two attached hydrogens (primary N) is 1. The van der Waals surface area contributed by atoms with Crippen molar-refractivity contribution in [3.8, 4) is 5.75 Å². The molecule has 3 aliphatic carbocycles. The van der Waals surface area contributed by atoms with Crippen molar-refractivity contribution in [1.29, 1.82) is 0 Å². The van der Waals surface area contributed by atoms with Crippen LogP contribution in [0.2, 0.25) is 0 Å². The molecule has 0 heterocycles. The summed E-state index contributed by atoms with van der Waals surface area (Å²) in [4.78, 5) is 41.2. The Kier molecular flexibility index (Phi) is 6.30. The highest BCUT2D eigenvalue weighted by molar-refractivity contribution is 6.22. The van der Waals surface area contributed by atoms with Gasteiger partial charge in [0.05, 0.1) is 29.3 Å². The number of carbonyl (C=O) groups is 3. The maximum Gasteiger partial charge on any atom is 0.255 e. The number of ketones is 2. The lowest BCUT2D eigenvalue weighted by Gasteiger charge is -2.55. The predicted octanol–water partition coefficient (Wildman–Crippen LogP) is 0.730. The third-order valence-electron chi connectivity index (χ3n) is 7.83. The molecule has 200 valence electrons. The second-order valence-corrected chi connectivity index (χ2v) is 11.7. The van der Waals surface area contributed by atoms with Crippen molar-refractivity contribution >= 4 is 17.5 Å². The van der Waals surface area contributed by atoms with Crippen molar-refractivity contribution in [2.24, 2.45) is 23.0 Å². The fourth-order valence-electron chi connectivity index (χ4n) is 6.19. The number of benzene rings is 1. The molecule has 10 nitrogen and oxygen atoms in total. The van der Waals surface area contributed by atoms with Gasteiger partial charge < -0.3 is 31.5 Å². The summed E-state index contributed by atoms with van der Waals surface area (Å²) < 4.78 is 0. The van der Waals surface area contributed by atoms with Gasteiger partial charge in [0, 0.05) is 18.0 Å². The maximum absolute atomic E-state index is 14.0. The van der Waals surface area contributed by atoms with Crippen LogP contribution in [0.1, 0.15) is 49.5 Å². The van der Waals surface area contributed by atoms with E-state index >= 15 is 0 Å². The van der Waals surface area contributed by atoms with Gasteiger partial charge >= 0.3 is 0 Å². The lowest BCUT2D eigenvalue weighted by atomic mass is 9.55. The lowest BCUT2D eigenvalue weighted by Crippen LogP contribution is -2.69. The Balaban J connectivity index is 2.13. The average Bonchev–Trinajstić information content (AvgIpc) is 2.77. The number of phenolic OH excluding ortho intramolecular Hbond substituents is 1. The van der Waals surface area contributed by atoms with Gasteiger partial charge in [-0.3, -0.25) is 19.3 Å². The molecule has 0 spiro atoms. The Morgan fingerprint density at radius 3 is 2.35 bits per heavy atom. The predicted molar refractivity (Wildman–Crippen MR) is 135 cm³/mol. The van der Waals surface area contributed by atoms with Crippen LogP contribution in [0.25, 0.3) is 0 Å². The van der Waals surface area contributed by atoms with Crippen molar-refractivity contribution in [1.82, 2.24) is 10.2 Å². The van der Waals surface area contributed by atoms with Crippen LogP contribution in [0.15, 0.2) is 40.8 Å². The van der Waals surface area contributed by atoms with Crippen LogP contribution in [0, 0.1) is 17.3 Å². The molecule has 6 atom stereocenters. The number of Topliss-reactive ketones (excluding diaryl/α,β-unsaturated/α-hetero) is 2. The highest BCUT2D eigenvalue weighted by atomic mass is 16.3. The zero-order valence-corrected chi connectivity index (χ0v) is 21.9. The number of rotatable bonds is 4. The molecule has 0 saturated heterocycles. The second-order valence-electron chi connectivity index (χ2n) is 11.7. The lowest BCUT2D eigenvalue weighted by molar-refractivity contribution is -0.146. The van der Waals surface area contributed by atoms with Crippen LogP contribution in [-0.4, -0.2) is 81.2 Å². The molecule has 1 aromatic rings. The molecule has 0 aliphatic heterocycles. The van der Waals surface area contributed by atoms with Gasteiger partial charge in [-0.05, 0) is 37.1 Å². The van der Waals surface area contributed by atoms with Crippen molar-refractivity contribution in [2.45, 2.75) is 51.4 Å². The second kappa shape index (κ2) is 8.68. The van der Waals surface area contributed by atoms with Crippen molar-refractivity contribution in [3.63, 3.8) is 0 Å². The summed E-state index contributed by atoms with van der Waals surface area (Å²) in [6.07, 6.45) is -1.48. The maximum atomic E-state index is 14.0. The number of nitrogens with zero attached hydrogens (tertiary/aromatic N) is 1. The molecule has 7 N–H and O–H groups in total. The van der Waals surface area contributed by atoms with Crippen LogP contribution in [0.5, 0.6) is 5.75 Å². The number of aliphatic hydroxyl groups is 3. The number of aromatic hydroxyl groups is 1. The Morgan fingerprint density at radius 1 is 1.19 bits per heavy atom.